The van der Waals surface area contributed by atoms with E-state index in [1.807, 2.05) is 0 Å². The molecule has 3 rings (SSSR count). The molecule has 2 fully saturated rings. The van der Waals surface area contributed by atoms with Crippen LogP contribution in [0.15, 0.2) is 18.6 Å². The van der Waals surface area contributed by atoms with E-state index in [1.54, 1.807) is 18.6 Å². The first-order valence-corrected chi connectivity index (χ1v) is 8.43. The van der Waals surface area contributed by atoms with E-state index in [1.165, 1.54) is 6.42 Å². The maximum absolute atomic E-state index is 12.8. The maximum Gasteiger partial charge on any atom is 0.225 e. The Balaban J connectivity index is 1.56. The molecule has 0 N–H and O–H groups in total. The summed E-state index contributed by atoms with van der Waals surface area (Å²) in [5.74, 6) is 2.75. The van der Waals surface area contributed by atoms with Crippen molar-refractivity contribution in [3.05, 3.63) is 18.6 Å². The third kappa shape index (κ3) is 3.39. The summed E-state index contributed by atoms with van der Waals surface area (Å²) in [5.41, 5.74) is 0. The topological polar surface area (TPSA) is 49.3 Å². The second-order valence-corrected chi connectivity index (χ2v) is 7.01. The summed E-state index contributed by atoms with van der Waals surface area (Å²) in [6.45, 7) is 8.18. The lowest BCUT2D eigenvalue weighted by Crippen LogP contribution is -2.47. The van der Waals surface area contributed by atoms with Gasteiger partial charge in [0.25, 0.3) is 0 Å². The molecule has 2 atom stereocenters. The molecule has 5 heteroatoms. The molecule has 0 saturated carbocycles. The molecule has 3 heterocycles. The first kappa shape index (κ1) is 15.3. The summed E-state index contributed by atoms with van der Waals surface area (Å²) in [6.07, 6.45) is 8.32. The third-order valence-corrected chi connectivity index (χ3v) is 4.90. The van der Waals surface area contributed by atoms with Gasteiger partial charge in [0.1, 0.15) is 5.82 Å². The second-order valence-electron chi connectivity index (χ2n) is 7.01. The zero-order valence-corrected chi connectivity index (χ0v) is 13.6. The highest BCUT2D eigenvalue weighted by Crippen LogP contribution is 2.27. The van der Waals surface area contributed by atoms with Crippen molar-refractivity contribution in [1.29, 1.82) is 0 Å². The van der Waals surface area contributed by atoms with Crippen LogP contribution in [0.2, 0.25) is 0 Å². The monoisotopic (exact) mass is 302 g/mol. The van der Waals surface area contributed by atoms with Crippen LogP contribution in [0.5, 0.6) is 0 Å². The van der Waals surface area contributed by atoms with Crippen LogP contribution in [0, 0.1) is 17.8 Å². The van der Waals surface area contributed by atoms with Crippen molar-refractivity contribution in [1.82, 2.24) is 14.9 Å². The number of hydrogen-bond acceptors (Lipinski definition) is 4. The van der Waals surface area contributed by atoms with Gasteiger partial charge >= 0.3 is 0 Å². The van der Waals surface area contributed by atoms with Gasteiger partial charge in [0.15, 0.2) is 0 Å². The van der Waals surface area contributed by atoms with Gasteiger partial charge in [0.05, 0.1) is 6.20 Å². The first-order valence-electron chi connectivity index (χ1n) is 8.43. The second kappa shape index (κ2) is 6.63. The minimum Gasteiger partial charge on any atom is -0.355 e. The lowest BCUT2D eigenvalue weighted by Gasteiger charge is -2.39. The fraction of sp³-hybridized carbons (Fsp3) is 0.706. The molecular formula is C17H26N4O. The van der Waals surface area contributed by atoms with Crippen LogP contribution in [-0.4, -0.2) is 47.0 Å². The van der Waals surface area contributed by atoms with Crippen molar-refractivity contribution in [2.75, 3.05) is 31.1 Å². The van der Waals surface area contributed by atoms with E-state index in [2.05, 4.69) is 33.6 Å². The number of aromatic nitrogens is 2. The predicted octanol–water partition coefficient (Wildman–Crippen LogP) is 2.20. The molecule has 1 amide bonds. The average Bonchev–Trinajstić information content (AvgIpc) is 2.54. The lowest BCUT2D eigenvalue weighted by atomic mass is 9.89. The summed E-state index contributed by atoms with van der Waals surface area (Å²) >= 11 is 0. The molecule has 2 aliphatic heterocycles. The zero-order chi connectivity index (χ0) is 15.5. The smallest absolute Gasteiger partial charge is 0.225 e. The molecule has 2 aliphatic rings. The molecule has 1 aromatic rings. The number of amides is 1. The quantitative estimate of drug-likeness (QED) is 0.840. The summed E-state index contributed by atoms with van der Waals surface area (Å²) in [5, 5.41) is 0. The van der Waals surface area contributed by atoms with Crippen molar-refractivity contribution >= 4 is 11.7 Å². The average molecular weight is 302 g/mol. The summed E-state index contributed by atoms with van der Waals surface area (Å²) < 4.78 is 0. The molecule has 2 unspecified atom stereocenters. The number of carbonyl (C=O) groups is 1. The highest BCUT2D eigenvalue weighted by atomic mass is 16.2. The molecule has 1 aromatic heterocycles. The Morgan fingerprint density at radius 3 is 2.41 bits per heavy atom. The van der Waals surface area contributed by atoms with Gasteiger partial charge in [-0.3, -0.25) is 9.78 Å². The molecule has 0 bridgehead atoms. The van der Waals surface area contributed by atoms with Gasteiger partial charge in [-0.15, -0.1) is 0 Å². The van der Waals surface area contributed by atoms with Gasteiger partial charge in [-0.25, -0.2) is 4.98 Å². The van der Waals surface area contributed by atoms with Gasteiger partial charge in [0.2, 0.25) is 5.91 Å². The number of hydrogen-bond donors (Lipinski definition) is 0. The van der Waals surface area contributed by atoms with E-state index in [0.717, 1.165) is 44.8 Å². The largest absolute Gasteiger partial charge is 0.355 e. The van der Waals surface area contributed by atoms with E-state index >= 15 is 0 Å². The third-order valence-electron chi connectivity index (χ3n) is 4.90. The zero-order valence-electron chi connectivity index (χ0n) is 13.6. The Kier molecular flexibility index (Phi) is 4.60. The van der Waals surface area contributed by atoms with Crippen molar-refractivity contribution in [2.24, 2.45) is 17.8 Å². The fourth-order valence-corrected chi connectivity index (χ4v) is 3.91. The highest BCUT2D eigenvalue weighted by Gasteiger charge is 2.32. The van der Waals surface area contributed by atoms with E-state index in [0.29, 0.717) is 17.7 Å². The van der Waals surface area contributed by atoms with Crippen molar-refractivity contribution in [3.63, 3.8) is 0 Å². The number of likely N-dealkylation sites (tertiary alicyclic amines) is 1. The van der Waals surface area contributed by atoms with E-state index in [-0.39, 0.29) is 5.92 Å². The lowest BCUT2D eigenvalue weighted by molar-refractivity contribution is -0.138. The molecule has 0 aliphatic carbocycles. The molecule has 120 valence electrons. The van der Waals surface area contributed by atoms with Gasteiger partial charge in [-0.2, -0.15) is 0 Å². The molecular weight excluding hydrogens is 276 g/mol. The van der Waals surface area contributed by atoms with Crippen LogP contribution in [0.25, 0.3) is 0 Å². The standard InChI is InChI=1S/C17H26N4O/c1-13-9-14(2)12-21(11-13)17(22)15-3-7-20(8-4-15)16-10-18-5-6-19-16/h5-6,10,13-15H,3-4,7-9,11-12H2,1-2H3. The highest BCUT2D eigenvalue weighted by molar-refractivity contribution is 5.79. The minimum absolute atomic E-state index is 0.186. The van der Waals surface area contributed by atoms with Crippen LogP contribution in [-0.2, 0) is 4.79 Å². The van der Waals surface area contributed by atoms with Crippen molar-refractivity contribution < 1.29 is 4.79 Å². The maximum atomic E-state index is 12.8. The van der Waals surface area contributed by atoms with Crippen LogP contribution in [0.3, 0.4) is 0 Å². The molecule has 5 nitrogen and oxygen atoms in total. The number of piperidine rings is 2. The number of nitrogens with zero attached hydrogens (tertiary/aromatic N) is 4. The van der Waals surface area contributed by atoms with E-state index in [9.17, 15) is 4.79 Å². The summed E-state index contributed by atoms with van der Waals surface area (Å²) in [7, 11) is 0. The number of rotatable bonds is 2. The van der Waals surface area contributed by atoms with E-state index in [4.69, 9.17) is 0 Å². The molecule has 0 radical (unpaired) electrons. The number of anilines is 1. The predicted molar refractivity (Wildman–Crippen MR) is 86.5 cm³/mol. The van der Waals surface area contributed by atoms with Crippen LogP contribution >= 0.6 is 0 Å². The Morgan fingerprint density at radius 2 is 1.82 bits per heavy atom. The minimum atomic E-state index is 0.186. The number of carbonyl (C=O) groups excluding carboxylic acids is 1. The van der Waals surface area contributed by atoms with Crippen LogP contribution in [0.1, 0.15) is 33.1 Å². The fourth-order valence-electron chi connectivity index (χ4n) is 3.91. The van der Waals surface area contributed by atoms with Gasteiger partial charge in [0, 0.05) is 44.5 Å². The molecule has 0 aromatic carbocycles. The van der Waals surface area contributed by atoms with Gasteiger partial charge in [-0.05, 0) is 31.1 Å². The van der Waals surface area contributed by atoms with E-state index < -0.39 is 0 Å². The Morgan fingerprint density at radius 1 is 1.14 bits per heavy atom. The van der Waals surface area contributed by atoms with Gasteiger partial charge in [-0.1, -0.05) is 13.8 Å². The molecule has 0 spiro atoms. The summed E-state index contributed by atoms with van der Waals surface area (Å²) in [6, 6.07) is 0. The molecule has 2 saturated heterocycles. The normalized spacial score (nSPS) is 27.0. The van der Waals surface area contributed by atoms with Crippen LogP contribution in [0.4, 0.5) is 5.82 Å². The first-order chi connectivity index (χ1) is 10.6. The van der Waals surface area contributed by atoms with Crippen LogP contribution < -0.4 is 4.90 Å². The van der Waals surface area contributed by atoms with Crippen molar-refractivity contribution in [3.8, 4) is 0 Å². The molecule has 22 heavy (non-hydrogen) atoms. The Hall–Kier alpha value is -1.65. The van der Waals surface area contributed by atoms with Gasteiger partial charge < -0.3 is 9.80 Å². The SMILES string of the molecule is CC1CC(C)CN(C(=O)C2CCN(c3cnccn3)CC2)C1. The Bertz CT molecular complexity index is 489. The summed E-state index contributed by atoms with van der Waals surface area (Å²) in [4.78, 5) is 25.6. The Labute approximate surface area is 132 Å². The van der Waals surface area contributed by atoms with Crippen molar-refractivity contribution in [2.45, 2.75) is 33.1 Å².